The monoisotopic (exact) mass is 402 g/mol. The van der Waals surface area contributed by atoms with Crippen molar-refractivity contribution >= 4 is 5.78 Å². The molecule has 4 rings (SSSR count). The Hall–Kier alpha value is -1.89. The van der Waals surface area contributed by atoms with Crippen LogP contribution in [0.4, 0.5) is 0 Å². The molecule has 0 aromatic heterocycles. The van der Waals surface area contributed by atoms with Gasteiger partial charge in [0.2, 0.25) is 0 Å². The van der Waals surface area contributed by atoms with Crippen LogP contribution in [-0.4, -0.2) is 5.78 Å². The Morgan fingerprint density at radius 2 is 1.13 bits per heavy atom. The molecule has 0 heterocycles. The van der Waals surface area contributed by atoms with Gasteiger partial charge in [-0.3, -0.25) is 4.79 Å². The number of carbonyl (C=O) groups excluding carboxylic acids is 1. The number of benzene rings is 2. The maximum absolute atomic E-state index is 13.5. The molecular weight excluding hydrogens is 364 g/mol. The summed E-state index contributed by atoms with van der Waals surface area (Å²) in [5, 5.41) is 0. The first-order valence-electron chi connectivity index (χ1n) is 12.1. The second-order valence-electron chi connectivity index (χ2n) is 10.3. The summed E-state index contributed by atoms with van der Waals surface area (Å²) in [5.41, 5.74) is 8.20. The van der Waals surface area contributed by atoms with Crippen LogP contribution in [-0.2, 0) is 4.79 Å². The number of hydrogen-bond donors (Lipinski definition) is 0. The maximum atomic E-state index is 13.5. The van der Waals surface area contributed by atoms with Crippen LogP contribution < -0.4 is 0 Å². The average molecular weight is 403 g/mol. The highest BCUT2D eigenvalue weighted by molar-refractivity contribution is 5.80. The van der Waals surface area contributed by atoms with Crippen LogP contribution >= 0.6 is 0 Å². The van der Waals surface area contributed by atoms with Crippen molar-refractivity contribution < 1.29 is 4.79 Å². The lowest BCUT2D eigenvalue weighted by atomic mass is 9.67. The highest BCUT2D eigenvalue weighted by Gasteiger charge is 2.34. The number of carbonyl (C=O) groups is 1. The number of ketones is 1. The van der Waals surface area contributed by atoms with Crippen molar-refractivity contribution in [3.63, 3.8) is 0 Å². The van der Waals surface area contributed by atoms with Gasteiger partial charge in [0.1, 0.15) is 5.78 Å². The molecule has 30 heavy (non-hydrogen) atoms. The standard InChI is InChI=1S/C29H38O/c1-19-11-13-26(21(3)15-19)28(23-7-5-8-23)17-25(30)18-29(24-9-6-10-24)27-14-12-20(2)16-22(27)4/h11-16,23-24,28-29H,5-10,17-18H2,1-4H3/t28-,29-/m0/s1. The zero-order chi connectivity index (χ0) is 21.3. The normalized spacial score (nSPS) is 19.1. The fraction of sp³-hybridized carbons (Fsp3) is 0.552. The van der Waals surface area contributed by atoms with Gasteiger partial charge >= 0.3 is 0 Å². The van der Waals surface area contributed by atoms with Crippen molar-refractivity contribution in [2.75, 3.05) is 0 Å². The second-order valence-corrected chi connectivity index (χ2v) is 10.3. The van der Waals surface area contributed by atoms with Crippen LogP contribution in [0.5, 0.6) is 0 Å². The smallest absolute Gasteiger partial charge is 0.134 e. The van der Waals surface area contributed by atoms with E-state index in [1.54, 1.807) is 0 Å². The lowest BCUT2D eigenvalue weighted by Crippen LogP contribution is -2.27. The lowest BCUT2D eigenvalue weighted by molar-refractivity contribution is -0.120. The first-order valence-corrected chi connectivity index (χ1v) is 12.1. The molecule has 0 saturated heterocycles. The molecule has 0 aliphatic heterocycles. The minimum Gasteiger partial charge on any atom is -0.300 e. The van der Waals surface area contributed by atoms with Gasteiger partial charge < -0.3 is 0 Å². The van der Waals surface area contributed by atoms with Gasteiger partial charge in [0.25, 0.3) is 0 Å². The van der Waals surface area contributed by atoms with E-state index in [9.17, 15) is 4.79 Å². The molecule has 2 aromatic rings. The zero-order valence-corrected chi connectivity index (χ0v) is 19.3. The van der Waals surface area contributed by atoms with Crippen LogP contribution in [0.1, 0.15) is 96.6 Å². The van der Waals surface area contributed by atoms with E-state index in [4.69, 9.17) is 0 Å². The molecule has 0 bridgehead atoms. The SMILES string of the molecule is Cc1ccc([C@@H](CC(=O)C[C@H](c2ccc(C)cc2C)C2CCC2)C2CCC2)c(C)c1. The molecule has 2 aliphatic carbocycles. The van der Waals surface area contributed by atoms with Crippen molar-refractivity contribution in [2.24, 2.45) is 11.8 Å². The van der Waals surface area contributed by atoms with E-state index in [0.29, 0.717) is 29.5 Å². The highest BCUT2D eigenvalue weighted by atomic mass is 16.1. The minimum atomic E-state index is 0.410. The van der Waals surface area contributed by atoms with Crippen molar-refractivity contribution in [3.8, 4) is 0 Å². The van der Waals surface area contributed by atoms with Gasteiger partial charge in [0.05, 0.1) is 0 Å². The Balaban J connectivity index is 1.53. The zero-order valence-electron chi connectivity index (χ0n) is 19.3. The van der Waals surface area contributed by atoms with E-state index in [-0.39, 0.29) is 0 Å². The molecule has 0 spiro atoms. The fourth-order valence-corrected chi connectivity index (χ4v) is 5.80. The van der Waals surface area contributed by atoms with Crippen LogP contribution in [0.3, 0.4) is 0 Å². The molecule has 160 valence electrons. The molecule has 2 aromatic carbocycles. The van der Waals surface area contributed by atoms with E-state index < -0.39 is 0 Å². The van der Waals surface area contributed by atoms with E-state index >= 15 is 0 Å². The Morgan fingerprint density at radius 3 is 1.43 bits per heavy atom. The highest BCUT2D eigenvalue weighted by Crippen LogP contribution is 2.45. The quantitative estimate of drug-likeness (QED) is 0.441. The molecule has 2 fully saturated rings. The first-order chi connectivity index (χ1) is 14.4. The summed E-state index contributed by atoms with van der Waals surface area (Å²) < 4.78 is 0. The summed E-state index contributed by atoms with van der Waals surface area (Å²) in [6.45, 7) is 8.78. The van der Waals surface area contributed by atoms with E-state index in [0.717, 1.165) is 12.8 Å². The predicted molar refractivity (Wildman–Crippen MR) is 126 cm³/mol. The van der Waals surface area contributed by atoms with Crippen molar-refractivity contribution in [1.82, 2.24) is 0 Å². The topological polar surface area (TPSA) is 17.1 Å². The number of Topliss-reactive ketones (excluding diaryl/α,β-unsaturated/α-hetero) is 1. The molecule has 1 nitrogen and oxygen atoms in total. The average Bonchev–Trinajstić information content (AvgIpc) is 2.57. The number of aryl methyl sites for hydroxylation is 4. The van der Waals surface area contributed by atoms with Crippen LogP contribution in [0.15, 0.2) is 36.4 Å². The van der Waals surface area contributed by atoms with Gasteiger partial charge in [0.15, 0.2) is 0 Å². The van der Waals surface area contributed by atoms with Crippen molar-refractivity contribution in [3.05, 3.63) is 69.8 Å². The number of rotatable bonds is 8. The van der Waals surface area contributed by atoms with Crippen LogP contribution in [0.2, 0.25) is 0 Å². The Morgan fingerprint density at radius 1 is 0.733 bits per heavy atom. The summed E-state index contributed by atoms with van der Waals surface area (Å²) in [7, 11) is 0. The van der Waals surface area contributed by atoms with Gasteiger partial charge in [-0.1, -0.05) is 60.4 Å². The van der Waals surface area contributed by atoms with Crippen LogP contribution in [0, 0.1) is 39.5 Å². The molecule has 1 heteroatoms. The van der Waals surface area contributed by atoms with E-state index in [1.165, 1.54) is 71.9 Å². The maximum Gasteiger partial charge on any atom is 0.134 e. The molecule has 2 aliphatic rings. The molecule has 2 saturated carbocycles. The van der Waals surface area contributed by atoms with Crippen molar-refractivity contribution in [1.29, 1.82) is 0 Å². The Labute approximate surface area is 183 Å². The molecule has 0 radical (unpaired) electrons. The fourth-order valence-electron chi connectivity index (χ4n) is 5.80. The van der Waals surface area contributed by atoms with Gasteiger partial charge in [-0.25, -0.2) is 0 Å². The second kappa shape index (κ2) is 9.08. The molecule has 2 atom stereocenters. The van der Waals surface area contributed by atoms with Gasteiger partial charge in [-0.05, 0) is 99.3 Å². The third kappa shape index (κ3) is 4.56. The summed E-state index contributed by atoms with van der Waals surface area (Å²) in [6, 6.07) is 13.6. The molecule has 0 unspecified atom stereocenters. The Bertz CT molecular complexity index is 827. The summed E-state index contributed by atoms with van der Waals surface area (Å²) >= 11 is 0. The Kier molecular flexibility index (Phi) is 6.46. The van der Waals surface area contributed by atoms with Gasteiger partial charge in [-0.2, -0.15) is 0 Å². The third-order valence-electron chi connectivity index (χ3n) is 7.98. The largest absolute Gasteiger partial charge is 0.300 e. The first kappa shape index (κ1) is 21.3. The molecular formula is C29H38O. The minimum absolute atomic E-state index is 0.410. The predicted octanol–water partition coefficient (Wildman–Crippen LogP) is 7.74. The van der Waals surface area contributed by atoms with Crippen molar-refractivity contribution in [2.45, 2.75) is 90.9 Å². The summed E-state index contributed by atoms with van der Waals surface area (Å²) in [4.78, 5) is 13.5. The van der Waals surface area contributed by atoms with Gasteiger partial charge in [0, 0.05) is 12.8 Å². The van der Waals surface area contributed by atoms with Crippen LogP contribution in [0.25, 0.3) is 0 Å². The summed E-state index contributed by atoms with van der Waals surface area (Å²) in [6.07, 6.45) is 9.25. The van der Waals surface area contributed by atoms with E-state index in [2.05, 4.69) is 64.1 Å². The lowest BCUT2D eigenvalue weighted by Gasteiger charge is -2.37. The van der Waals surface area contributed by atoms with Gasteiger partial charge in [-0.15, -0.1) is 0 Å². The molecule has 0 amide bonds. The summed E-state index contributed by atoms with van der Waals surface area (Å²) in [5.74, 6) is 2.68. The van der Waals surface area contributed by atoms with E-state index in [1.807, 2.05) is 0 Å². The number of hydrogen-bond acceptors (Lipinski definition) is 1. The third-order valence-corrected chi connectivity index (χ3v) is 7.98. The molecule has 0 N–H and O–H groups in total.